The number of para-hydroxylation sites is 1. The molecule has 2 aromatic rings. The number of phenols is 2. The third-order valence-electron chi connectivity index (χ3n) is 4.75. The molecule has 6 nitrogen and oxygen atoms in total. The molecule has 0 radical (unpaired) electrons. The number of rotatable bonds is 5. The molecule has 1 amide bonds. The van der Waals surface area contributed by atoms with Crippen molar-refractivity contribution in [1.29, 1.82) is 0 Å². The zero-order chi connectivity index (χ0) is 23.6. The molecule has 31 heavy (non-hydrogen) atoms. The summed E-state index contributed by atoms with van der Waals surface area (Å²) in [4.78, 5) is 12.8. The van der Waals surface area contributed by atoms with E-state index in [1.54, 1.807) is 30.3 Å². The van der Waals surface area contributed by atoms with E-state index < -0.39 is 5.91 Å². The van der Waals surface area contributed by atoms with Gasteiger partial charge in [0.05, 0.1) is 12.3 Å². The Bertz CT molecular complexity index is 945. The van der Waals surface area contributed by atoms with Crippen molar-refractivity contribution in [1.82, 2.24) is 5.43 Å². The number of aromatic hydroxyl groups is 2. The third kappa shape index (κ3) is 6.00. The van der Waals surface area contributed by atoms with Gasteiger partial charge in [-0.1, -0.05) is 47.6 Å². The fraction of sp³-hybridized carbons (Fsp3) is 0.440. The molecular weight excluding hydrogens is 392 g/mol. The van der Waals surface area contributed by atoms with Crippen LogP contribution in [0.4, 0.5) is 0 Å². The van der Waals surface area contributed by atoms with Crippen LogP contribution in [0, 0.1) is 0 Å². The van der Waals surface area contributed by atoms with Crippen LogP contribution in [0.3, 0.4) is 0 Å². The highest BCUT2D eigenvalue weighted by Gasteiger charge is 2.27. The summed E-state index contributed by atoms with van der Waals surface area (Å²) in [5.41, 5.74) is 4.06. The van der Waals surface area contributed by atoms with E-state index in [0.717, 1.165) is 0 Å². The SMILES string of the molecule is CC(C)Oc1cccc(C=NNC(=O)c2cc(C(C)(C)C)c(O)c(C(C)(C)C)c2)c1O. The van der Waals surface area contributed by atoms with E-state index in [0.29, 0.717) is 28.0 Å². The van der Waals surface area contributed by atoms with Gasteiger partial charge >= 0.3 is 0 Å². The molecule has 3 N–H and O–H groups in total. The first-order valence-corrected chi connectivity index (χ1v) is 10.4. The Morgan fingerprint density at radius 3 is 2.03 bits per heavy atom. The lowest BCUT2D eigenvalue weighted by Gasteiger charge is -2.28. The number of phenolic OH excluding ortho intramolecular Hbond substituents is 2. The van der Waals surface area contributed by atoms with Crippen LogP contribution in [0.15, 0.2) is 35.4 Å². The van der Waals surface area contributed by atoms with Gasteiger partial charge in [-0.2, -0.15) is 5.10 Å². The van der Waals surface area contributed by atoms with Crippen molar-refractivity contribution in [3.05, 3.63) is 52.6 Å². The second kappa shape index (κ2) is 9.00. The van der Waals surface area contributed by atoms with E-state index in [1.165, 1.54) is 6.21 Å². The van der Waals surface area contributed by atoms with Crippen molar-refractivity contribution < 1.29 is 19.7 Å². The predicted octanol–water partition coefficient (Wildman–Crippen LogP) is 5.24. The fourth-order valence-corrected chi connectivity index (χ4v) is 3.13. The summed E-state index contributed by atoms with van der Waals surface area (Å²) >= 11 is 0. The summed E-state index contributed by atoms with van der Waals surface area (Å²) < 4.78 is 5.56. The van der Waals surface area contributed by atoms with Gasteiger partial charge in [0, 0.05) is 22.3 Å². The van der Waals surface area contributed by atoms with Crippen molar-refractivity contribution >= 4 is 12.1 Å². The van der Waals surface area contributed by atoms with Gasteiger partial charge in [0.2, 0.25) is 0 Å². The summed E-state index contributed by atoms with van der Waals surface area (Å²) in [6.07, 6.45) is 1.29. The van der Waals surface area contributed by atoms with Crippen molar-refractivity contribution in [3.63, 3.8) is 0 Å². The number of nitrogens with one attached hydrogen (secondary N) is 1. The summed E-state index contributed by atoms with van der Waals surface area (Å²) in [5.74, 6) is 0.130. The summed E-state index contributed by atoms with van der Waals surface area (Å²) in [7, 11) is 0. The van der Waals surface area contributed by atoms with E-state index in [4.69, 9.17) is 4.74 Å². The molecular formula is C25H34N2O4. The van der Waals surface area contributed by atoms with Crippen LogP contribution >= 0.6 is 0 Å². The molecule has 0 unspecified atom stereocenters. The van der Waals surface area contributed by atoms with Gasteiger partial charge < -0.3 is 14.9 Å². The van der Waals surface area contributed by atoms with Crippen molar-refractivity contribution in [2.24, 2.45) is 5.10 Å². The lowest BCUT2D eigenvalue weighted by molar-refractivity contribution is 0.0955. The van der Waals surface area contributed by atoms with Gasteiger partial charge in [-0.3, -0.25) is 4.79 Å². The Kier molecular flexibility index (Phi) is 7.04. The Morgan fingerprint density at radius 2 is 1.55 bits per heavy atom. The molecule has 0 atom stereocenters. The highest BCUT2D eigenvalue weighted by molar-refractivity contribution is 5.96. The fourth-order valence-electron chi connectivity index (χ4n) is 3.13. The van der Waals surface area contributed by atoms with E-state index in [-0.39, 0.29) is 28.4 Å². The smallest absolute Gasteiger partial charge is 0.271 e. The van der Waals surface area contributed by atoms with Crippen LogP contribution in [-0.2, 0) is 10.8 Å². The molecule has 0 spiro atoms. The van der Waals surface area contributed by atoms with Gasteiger partial charge in [0.25, 0.3) is 5.91 Å². The molecule has 0 saturated carbocycles. The molecule has 168 valence electrons. The van der Waals surface area contributed by atoms with Crippen LogP contribution < -0.4 is 10.2 Å². The van der Waals surface area contributed by atoms with Gasteiger partial charge in [-0.15, -0.1) is 0 Å². The minimum Gasteiger partial charge on any atom is -0.507 e. The van der Waals surface area contributed by atoms with Gasteiger partial charge in [0.15, 0.2) is 11.5 Å². The molecule has 2 aromatic carbocycles. The molecule has 0 aliphatic rings. The molecule has 0 saturated heterocycles. The maximum Gasteiger partial charge on any atom is 0.271 e. The maximum atomic E-state index is 12.8. The number of hydrazone groups is 1. The average molecular weight is 427 g/mol. The second-order valence-electron chi connectivity index (χ2n) is 9.98. The van der Waals surface area contributed by atoms with Gasteiger partial charge in [-0.05, 0) is 48.9 Å². The largest absolute Gasteiger partial charge is 0.507 e. The maximum absolute atomic E-state index is 12.8. The zero-order valence-corrected chi connectivity index (χ0v) is 19.7. The number of benzene rings is 2. The average Bonchev–Trinajstić information content (AvgIpc) is 2.62. The van der Waals surface area contributed by atoms with Crippen LogP contribution in [-0.4, -0.2) is 28.4 Å². The molecule has 0 heterocycles. The highest BCUT2D eigenvalue weighted by Crippen LogP contribution is 2.39. The Morgan fingerprint density at radius 1 is 1.00 bits per heavy atom. The first-order valence-electron chi connectivity index (χ1n) is 10.4. The second-order valence-corrected chi connectivity index (χ2v) is 9.98. The van der Waals surface area contributed by atoms with Crippen LogP contribution in [0.2, 0.25) is 0 Å². The van der Waals surface area contributed by atoms with Crippen molar-refractivity contribution in [3.8, 4) is 17.2 Å². The number of carbonyl (C=O) groups excluding carboxylic acids is 1. The van der Waals surface area contributed by atoms with E-state index in [2.05, 4.69) is 10.5 Å². The molecule has 6 heteroatoms. The summed E-state index contributed by atoms with van der Waals surface area (Å²) in [5, 5.41) is 25.2. The van der Waals surface area contributed by atoms with Crippen molar-refractivity contribution in [2.45, 2.75) is 72.3 Å². The molecule has 0 aliphatic heterocycles. The minimum absolute atomic E-state index is 0.0381. The predicted molar refractivity (Wildman–Crippen MR) is 124 cm³/mol. The zero-order valence-electron chi connectivity index (χ0n) is 19.7. The summed E-state index contributed by atoms with van der Waals surface area (Å²) in [6.45, 7) is 15.7. The topological polar surface area (TPSA) is 91.2 Å². The van der Waals surface area contributed by atoms with Crippen LogP contribution in [0.1, 0.15) is 82.4 Å². The van der Waals surface area contributed by atoms with Crippen LogP contribution in [0.25, 0.3) is 0 Å². The number of hydrogen-bond donors (Lipinski definition) is 3. The number of nitrogens with zero attached hydrogens (tertiary/aromatic N) is 1. The number of ether oxygens (including phenoxy) is 1. The van der Waals surface area contributed by atoms with Crippen molar-refractivity contribution in [2.75, 3.05) is 0 Å². The number of carbonyl (C=O) groups is 1. The Hall–Kier alpha value is -3.02. The summed E-state index contributed by atoms with van der Waals surface area (Å²) in [6, 6.07) is 8.48. The molecule has 0 bridgehead atoms. The van der Waals surface area contributed by atoms with E-state index >= 15 is 0 Å². The first-order chi connectivity index (χ1) is 14.2. The Balaban J connectivity index is 2.33. The lowest BCUT2D eigenvalue weighted by atomic mass is 9.78. The molecule has 2 rings (SSSR count). The quantitative estimate of drug-likeness (QED) is 0.450. The Labute approximate surface area is 185 Å². The first kappa shape index (κ1) is 24.3. The molecule has 0 fully saturated rings. The molecule has 0 aliphatic carbocycles. The van der Waals surface area contributed by atoms with Gasteiger partial charge in [0.1, 0.15) is 5.75 Å². The van der Waals surface area contributed by atoms with Crippen LogP contribution in [0.5, 0.6) is 17.2 Å². The lowest BCUT2D eigenvalue weighted by Crippen LogP contribution is -2.22. The number of hydrogen-bond acceptors (Lipinski definition) is 5. The highest BCUT2D eigenvalue weighted by atomic mass is 16.5. The number of amides is 1. The molecule has 0 aromatic heterocycles. The van der Waals surface area contributed by atoms with E-state index in [1.807, 2.05) is 55.4 Å². The monoisotopic (exact) mass is 426 g/mol. The standard InChI is InChI=1S/C25H34N2O4/c1-15(2)31-20-11-9-10-16(21(20)28)14-26-27-23(30)17-12-18(24(3,4)5)22(29)19(13-17)25(6,7)8/h9-15,28-29H,1-8H3,(H,27,30). The third-order valence-corrected chi connectivity index (χ3v) is 4.75. The van der Waals surface area contributed by atoms with E-state index in [9.17, 15) is 15.0 Å². The van der Waals surface area contributed by atoms with Gasteiger partial charge in [-0.25, -0.2) is 5.43 Å². The minimum atomic E-state index is -0.402. The normalized spacial score (nSPS) is 12.4.